The molecule has 1 N–H and O–H groups in total. The van der Waals surface area contributed by atoms with Crippen molar-refractivity contribution in [2.24, 2.45) is 0 Å². The van der Waals surface area contributed by atoms with E-state index in [2.05, 4.69) is 0 Å². The molecule has 1 aliphatic rings. The van der Waals surface area contributed by atoms with Crippen LogP contribution in [0.3, 0.4) is 0 Å². The molecule has 0 aromatic heterocycles. The Bertz CT molecular complexity index is 758. The summed E-state index contributed by atoms with van der Waals surface area (Å²) in [6, 6.07) is 13.3. The number of hydrogen-bond acceptors (Lipinski definition) is 4. The van der Waals surface area contributed by atoms with Gasteiger partial charge in [-0.3, -0.25) is 0 Å². The van der Waals surface area contributed by atoms with Gasteiger partial charge in [0.15, 0.2) is 0 Å². The predicted molar refractivity (Wildman–Crippen MR) is 77.6 cm³/mol. The van der Waals surface area contributed by atoms with Gasteiger partial charge in [0.1, 0.15) is 23.0 Å². The van der Waals surface area contributed by atoms with Crippen LogP contribution in [0, 0.1) is 0 Å². The Hall–Kier alpha value is -2.05. The molecular formula is C15H15NO4S. The number of nitrogens with zero attached hydrogens (tertiary/aromatic N) is 1. The third kappa shape index (κ3) is 2.59. The Morgan fingerprint density at radius 3 is 2.57 bits per heavy atom. The Labute approximate surface area is 123 Å². The molecule has 2 aromatic rings. The number of aromatic hydroxyl groups is 1. The van der Waals surface area contributed by atoms with Crippen LogP contribution in [0.4, 0.5) is 0 Å². The molecule has 0 radical (unpaired) electrons. The van der Waals surface area contributed by atoms with Crippen molar-refractivity contribution in [1.82, 2.24) is 4.31 Å². The van der Waals surface area contributed by atoms with Gasteiger partial charge in [-0.2, -0.15) is 4.31 Å². The molecule has 110 valence electrons. The maximum Gasteiger partial charge on any atom is 0.247 e. The van der Waals surface area contributed by atoms with E-state index in [9.17, 15) is 13.5 Å². The summed E-state index contributed by atoms with van der Waals surface area (Å²) < 4.78 is 32.3. The molecule has 0 saturated heterocycles. The van der Waals surface area contributed by atoms with Gasteiger partial charge in [0, 0.05) is 18.7 Å². The summed E-state index contributed by atoms with van der Waals surface area (Å²) in [5, 5.41) is 9.81. The number of hydrogen-bond donors (Lipinski definition) is 1. The van der Waals surface area contributed by atoms with E-state index in [0.29, 0.717) is 5.75 Å². The highest BCUT2D eigenvalue weighted by Gasteiger charge is 2.29. The van der Waals surface area contributed by atoms with Gasteiger partial charge >= 0.3 is 0 Å². The summed E-state index contributed by atoms with van der Waals surface area (Å²) in [6.07, 6.45) is 0. The maximum absolute atomic E-state index is 12.7. The molecule has 21 heavy (non-hydrogen) atoms. The first-order valence-electron chi connectivity index (χ1n) is 6.58. The van der Waals surface area contributed by atoms with Gasteiger partial charge < -0.3 is 9.84 Å². The van der Waals surface area contributed by atoms with Crippen LogP contribution in [0.5, 0.6) is 11.5 Å². The number of sulfonamides is 1. The van der Waals surface area contributed by atoms with Crippen molar-refractivity contribution < 1.29 is 18.3 Å². The third-order valence-corrected chi connectivity index (χ3v) is 5.29. The zero-order valence-corrected chi connectivity index (χ0v) is 12.1. The van der Waals surface area contributed by atoms with Crippen molar-refractivity contribution in [3.8, 4) is 11.5 Å². The highest BCUT2D eigenvalue weighted by atomic mass is 32.2. The minimum Gasteiger partial charge on any atom is -0.507 e. The zero-order valence-electron chi connectivity index (χ0n) is 11.3. The van der Waals surface area contributed by atoms with Crippen molar-refractivity contribution in [3.63, 3.8) is 0 Å². The molecule has 6 heteroatoms. The van der Waals surface area contributed by atoms with Gasteiger partial charge in [-0.25, -0.2) is 8.42 Å². The van der Waals surface area contributed by atoms with Gasteiger partial charge in [0.05, 0.1) is 0 Å². The van der Waals surface area contributed by atoms with Gasteiger partial charge in [-0.1, -0.05) is 30.3 Å². The molecule has 1 aliphatic heterocycles. The molecule has 0 bridgehead atoms. The van der Waals surface area contributed by atoms with Crippen molar-refractivity contribution in [1.29, 1.82) is 0 Å². The SMILES string of the molecule is O=S(=O)(c1ccccc1O)N1CCOc2ccccc2C1. The second-order valence-corrected chi connectivity index (χ2v) is 6.67. The third-order valence-electron chi connectivity index (χ3n) is 3.40. The first kappa shape index (κ1) is 13.9. The number of phenols is 1. The highest BCUT2D eigenvalue weighted by Crippen LogP contribution is 2.29. The van der Waals surface area contributed by atoms with Gasteiger partial charge in [-0.15, -0.1) is 0 Å². The number of para-hydroxylation sites is 2. The number of phenolic OH excluding ortho intramolecular Hbond substituents is 1. The average Bonchev–Trinajstić information content (AvgIpc) is 2.70. The van der Waals surface area contributed by atoms with E-state index in [0.717, 1.165) is 5.56 Å². The largest absolute Gasteiger partial charge is 0.507 e. The fourth-order valence-electron chi connectivity index (χ4n) is 2.32. The molecule has 3 rings (SSSR count). The second-order valence-electron chi connectivity index (χ2n) is 4.76. The Morgan fingerprint density at radius 2 is 1.76 bits per heavy atom. The van der Waals surface area contributed by atoms with Crippen LogP contribution in [0.15, 0.2) is 53.4 Å². The number of benzene rings is 2. The number of ether oxygens (including phenoxy) is 1. The monoisotopic (exact) mass is 305 g/mol. The molecule has 0 unspecified atom stereocenters. The van der Waals surface area contributed by atoms with Gasteiger partial charge in [-0.05, 0) is 18.2 Å². The molecule has 0 aliphatic carbocycles. The molecule has 0 spiro atoms. The smallest absolute Gasteiger partial charge is 0.247 e. The maximum atomic E-state index is 12.7. The van der Waals surface area contributed by atoms with E-state index in [1.807, 2.05) is 24.3 Å². The Morgan fingerprint density at radius 1 is 1.05 bits per heavy atom. The first-order valence-corrected chi connectivity index (χ1v) is 8.02. The summed E-state index contributed by atoms with van der Waals surface area (Å²) in [6.45, 7) is 0.752. The summed E-state index contributed by atoms with van der Waals surface area (Å²) in [4.78, 5) is -0.0793. The van der Waals surface area contributed by atoms with Crippen LogP contribution >= 0.6 is 0 Å². The van der Waals surface area contributed by atoms with E-state index in [1.54, 1.807) is 12.1 Å². The average molecular weight is 305 g/mol. The van der Waals surface area contributed by atoms with Crippen LogP contribution < -0.4 is 4.74 Å². The van der Waals surface area contributed by atoms with Crippen molar-refractivity contribution in [2.75, 3.05) is 13.2 Å². The lowest BCUT2D eigenvalue weighted by Crippen LogP contribution is -2.32. The summed E-state index contributed by atoms with van der Waals surface area (Å²) in [7, 11) is -3.76. The van der Waals surface area contributed by atoms with Crippen molar-refractivity contribution >= 4 is 10.0 Å². The van der Waals surface area contributed by atoms with E-state index >= 15 is 0 Å². The summed E-state index contributed by atoms with van der Waals surface area (Å²) in [5.74, 6) is 0.462. The van der Waals surface area contributed by atoms with Gasteiger partial charge in [0.2, 0.25) is 10.0 Å². The van der Waals surface area contributed by atoms with Crippen LogP contribution in [-0.2, 0) is 16.6 Å². The molecule has 1 heterocycles. The van der Waals surface area contributed by atoms with Crippen LogP contribution in [0.25, 0.3) is 0 Å². The second kappa shape index (κ2) is 5.38. The first-order chi connectivity index (χ1) is 10.1. The van der Waals surface area contributed by atoms with E-state index in [1.165, 1.54) is 16.4 Å². The lowest BCUT2D eigenvalue weighted by Gasteiger charge is -2.20. The summed E-state index contributed by atoms with van der Waals surface area (Å²) >= 11 is 0. The van der Waals surface area contributed by atoms with Crippen LogP contribution in [0.2, 0.25) is 0 Å². The van der Waals surface area contributed by atoms with Crippen LogP contribution in [-0.4, -0.2) is 31.0 Å². The zero-order chi connectivity index (χ0) is 14.9. The summed E-state index contributed by atoms with van der Waals surface area (Å²) in [5.41, 5.74) is 0.814. The molecule has 2 aromatic carbocycles. The van der Waals surface area contributed by atoms with E-state index in [4.69, 9.17) is 4.74 Å². The normalized spacial score (nSPS) is 15.8. The molecule has 5 nitrogen and oxygen atoms in total. The van der Waals surface area contributed by atoms with E-state index < -0.39 is 10.0 Å². The minimum atomic E-state index is -3.76. The fraction of sp³-hybridized carbons (Fsp3) is 0.200. The Balaban J connectivity index is 1.99. The quantitative estimate of drug-likeness (QED) is 0.921. The highest BCUT2D eigenvalue weighted by molar-refractivity contribution is 7.89. The van der Waals surface area contributed by atoms with Crippen molar-refractivity contribution in [2.45, 2.75) is 11.4 Å². The predicted octanol–water partition coefficient (Wildman–Crippen LogP) is 1.98. The Kier molecular flexibility index (Phi) is 3.57. The minimum absolute atomic E-state index is 0.0793. The molecule has 0 atom stereocenters. The molecule has 0 saturated carbocycles. The standard InChI is InChI=1S/C15H15NO4S/c17-13-6-2-4-8-15(13)21(18,19)16-9-10-20-14-7-3-1-5-12(14)11-16/h1-8,17H,9-11H2. The molecule has 0 amide bonds. The van der Waals surface area contributed by atoms with Gasteiger partial charge in [0.25, 0.3) is 0 Å². The fourth-order valence-corrected chi connectivity index (χ4v) is 3.81. The lowest BCUT2D eigenvalue weighted by molar-refractivity contribution is 0.292. The molecule has 0 fully saturated rings. The molecular weight excluding hydrogens is 290 g/mol. The topological polar surface area (TPSA) is 66.8 Å². The lowest BCUT2D eigenvalue weighted by atomic mass is 10.2. The number of fused-ring (bicyclic) bond motifs is 1. The number of rotatable bonds is 2. The van der Waals surface area contributed by atoms with E-state index in [-0.39, 0.29) is 30.3 Å². The van der Waals surface area contributed by atoms with Crippen LogP contribution in [0.1, 0.15) is 5.56 Å². The van der Waals surface area contributed by atoms with Crippen molar-refractivity contribution in [3.05, 3.63) is 54.1 Å².